The van der Waals surface area contributed by atoms with Crippen molar-refractivity contribution in [1.29, 1.82) is 0 Å². The summed E-state index contributed by atoms with van der Waals surface area (Å²) < 4.78 is 33.2. The number of rotatable bonds is 1. The van der Waals surface area contributed by atoms with Crippen LogP contribution in [0.1, 0.15) is 0 Å². The van der Waals surface area contributed by atoms with Crippen molar-refractivity contribution in [3.05, 3.63) is 0 Å². The monoisotopic (exact) mass is 208 g/mol. The molecule has 0 radical (unpaired) electrons. The van der Waals surface area contributed by atoms with Crippen molar-refractivity contribution in [3.8, 4) is 0 Å². The fourth-order valence-corrected chi connectivity index (χ4v) is 0.394. The van der Waals surface area contributed by atoms with Crippen LogP contribution >= 0.6 is 15.9 Å². The van der Waals surface area contributed by atoms with Gasteiger partial charge in [0.05, 0.1) is 5.33 Å². The highest BCUT2D eigenvalue weighted by molar-refractivity contribution is 9.09. The summed E-state index contributed by atoms with van der Waals surface area (Å²) >= 11 is 2.38. The van der Waals surface area contributed by atoms with E-state index in [9.17, 15) is 18.0 Å². The van der Waals surface area contributed by atoms with Gasteiger partial charge in [-0.1, -0.05) is 15.9 Å². The van der Waals surface area contributed by atoms with Gasteiger partial charge in [0.15, 0.2) is 0 Å². The maximum atomic E-state index is 11.1. The molecule has 0 aliphatic rings. The summed E-state index contributed by atoms with van der Waals surface area (Å²) in [6, 6.07) is 0. The zero-order chi connectivity index (χ0) is 6.78. The molecule has 0 aliphatic heterocycles. The molecular formula is C3H4BrF3O2. The third-order valence-corrected chi connectivity index (χ3v) is 0.947. The minimum atomic E-state index is -4.68. The predicted molar refractivity (Wildman–Crippen MR) is 28.5 cm³/mol. The molecule has 2 N–H and O–H groups in total. The highest BCUT2D eigenvalue weighted by Crippen LogP contribution is 2.16. The van der Waals surface area contributed by atoms with Crippen LogP contribution in [0, 0.1) is 0 Å². The smallest absolute Gasteiger partial charge is 0.412 e. The Labute approximate surface area is 57.5 Å². The summed E-state index contributed by atoms with van der Waals surface area (Å²) in [6.07, 6.45) is -4.68. The second kappa shape index (κ2) is 3.84. The minimum Gasteiger partial charge on any atom is -0.412 e. The fraction of sp³-hybridized carbons (Fsp3) is 0.667. The molecule has 0 heterocycles. The summed E-state index contributed by atoms with van der Waals surface area (Å²) in [7, 11) is 0. The second-order valence-corrected chi connectivity index (χ2v) is 1.62. The first-order valence-electron chi connectivity index (χ1n) is 1.64. The third kappa shape index (κ3) is 4.41. The molecule has 0 rings (SSSR count). The van der Waals surface area contributed by atoms with Crippen LogP contribution in [-0.2, 0) is 4.79 Å². The number of hydrogen-bond donors (Lipinski definition) is 0. The van der Waals surface area contributed by atoms with E-state index >= 15 is 0 Å². The van der Waals surface area contributed by atoms with Gasteiger partial charge in [0.2, 0.25) is 5.78 Å². The molecule has 0 aliphatic carbocycles. The molecule has 0 saturated heterocycles. The Balaban J connectivity index is 0. The van der Waals surface area contributed by atoms with E-state index in [1.165, 1.54) is 0 Å². The Kier molecular flexibility index (Phi) is 4.97. The quantitative estimate of drug-likeness (QED) is 0.586. The van der Waals surface area contributed by atoms with Crippen molar-refractivity contribution >= 4 is 21.7 Å². The summed E-state index contributed by atoms with van der Waals surface area (Å²) in [5.74, 6) is -1.75. The molecule has 0 aromatic heterocycles. The van der Waals surface area contributed by atoms with E-state index < -0.39 is 17.3 Å². The van der Waals surface area contributed by atoms with Crippen LogP contribution in [0.4, 0.5) is 13.2 Å². The highest BCUT2D eigenvalue weighted by atomic mass is 79.9. The van der Waals surface area contributed by atoms with Gasteiger partial charge in [-0.3, -0.25) is 4.79 Å². The van der Waals surface area contributed by atoms with Crippen molar-refractivity contribution in [2.45, 2.75) is 6.18 Å². The molecule has 56 valence electrons. The number of carbonyl (C=O) groups excluding carboxylic acids is 1. The minimum absolute atomic E-state index is 0. The molecule has 0 unspecified atom stereocenters. The zero-order valence-electron chi connectivity index (χ0n) is 4.13. The molecule has 0 bridgehead atoms. The SMILES string of the molecule is O.O=C(CBr)C(F)(F)F. The van der Waals surface area contributed by atoms with Gasteiger partial charge in [-0.25, -0.2) is 0 Å². The van der Waals surface area contributed by atoms with E-state index in [1.807, 2.05) is 0 Å². The predicted octanol–water partition coefficient (Wildman–Crippen LogP) is 0.688. The van der Waals surface area contributed by atoms with Crippen LogP contribution < -0.4 is 0 Å². The molecule has 0 spiro atoms. The van der Waals surface area contributed by atoms with Gasteiger partial charge in [-0.05, 0) is 0 Å². The van der Waals surface area contributed by atoms with Crippen LogP contribution in [0.3, 0.4) is 0 Å². The molecule has 9 heavy (non-hydrogen) atoms. The fourth-order valence-electron chi connectivity index (χ4n) is 0.0758. The van der Waals surface area contributed by atoms with E-state index in [0.717, 1.165) is 0 Å². The van der Waals surface area contributed by atoms with Gasteiger partial charge >= 0.3 is 6.18 Å². The van der Waals surface area contributed by atoms with Gasteiger partial charge in [0.25, 0.3) is 0 Å². The standard InChI is InChI=1S/C3H2BrF3O.H2O/c4-1-2(8)3(5,6)7;/h1H2;1H2. The number of hydrogen-bond acceptors (Lipinski definition) is 1. The van der Waals surface area contributed by atoms with Gasteiger partial charge in [-0.15, -0.1) is 0 Å². The van der Waals surface area contributed by atoms with Crippen LogP contribution in [-0.4, -0.2) is 22.8 Å². The largest absolute Gasteiger partial charge is 0.450 e. The number of Topliss-reactive ketones (excluding diaryl/α,β-unsaturated/α-hetero) is 1. The summed E-state index contributed by atoms with van der Waals surface area (Å²) in [4.78, 5) is 9.66. The Hall–Kier alpha value is -0.100. The van der Waals surface area contributed by atoms with E-state index in [2.05, 4.69) is 15.9 Å². The van der Waals surface area contributed by atoms with Crippen LogP contribution in [0.2, 0.25) is 0 Å². The number of ketones is 1. The highest BCUT2D eigenvalue weighted by Gasteiger charge is 2.36. The first-order valence-corrected chi connectivity index (χ1v) is 2.76. The molecule has 6 heteroatoms. The third-order valence-electron chi connectivity index (χ3n) is 0.438. The van der Waals surface area contributed by atoms with Crippen molar-refractivity contribution in [1.82, 2.24) is 0 Å². The summed E-state index contributed by atoms with van der Waals surface area (Å²) in [5.41, 5.74) is 0. The van der Waals surface area contributed by atoms with E-state index in [0.29, 0.717) is 0 Å². The molecule has 0 saturated carbocycles. The lowest BCUT2D eigenvalue weighted by Gasteiger charge is -1.98. The molecule has 0 aromatic rings. The van der Waals surface area contributed by atoms with Crippen LogP contribution in [0.25, 0.3) is 0 Å². The van der Waals surface area contributed by atoms with Crippen molar-refractivity contribution in [2.75, 3.05) is 5.33 Å². The second-order valence-electron chi connectivity index (χ2n) is 1.05. The molecule has 0 atom stereocenters. The van der Waals surface area contributed by atoms with E-state index in [4.69, 9.17) is 0 Å². The molecule has 0 amide bonds. The zero-order valence-corrected chi connectivity index (χ0v) is 5.71. The van der Waals surface area contributed by atoms with Gasteiger partial charge in [-0.2, -0.15) is 13.2 Å². The van der Waals surface area contributed by atoms with Gasteiger partial charge < -0.3 is 5.48 Å². The molecule has 0 aromatic carbocycles. The van der Waals surface area contributed by atoms with Crippen LogP contribution in [0.5, 0.6) is 0 Å². The lowest BCUT2D eigenvalue weighted by atomic mass is 10.4. The van der Waals surface area contributed by atoms with Gasteiger partial charge in [0, 0.05) is 0 Å². The number of halogens is 4. The molecule has 0 fully saturated rings. The number of carbonyl (C=O) groups is 1. The van der Waals surface area contributed by atoms with E-state index in [-0.39, 0.29) is 5.48 Å². The molecular weight excluding hydrogens is 205 g/mol. The first-order chi connectivity index (χ1) is 3.48. The molecule has 2 nitrogen and oxygen atoms in total. The van der Waals surface area contributed by atoms with Crippen molar-refractivity contribution in [2.24, 2.45) is 0 Å². The summed E-state index contributed by atoms with van der Waals surface area (Å²) in [5, 5.41) is -0.656. The Morgan fingerprint density at radius 2 is 1.78 bits per heavy atom. The van der Waals surface area contributed by atoms with Crippen molar-refractivity contribution in [3.63, 3.8) is 0 Å². The van der Waals surface area contributed by atoms with Gasteiger partial charge in [0.1, 0.15) is 0 Å². The lowest BCUT2D eigenvalue weighted by molar-refractivity contribution is -0.167. The maximum absolute atomic E-state index is 11.1. The van der Waals surface area contributed by atoms with Crippen LogP contribution in [0.15, 0.2) is 0 Å². The summed E-state index contributed by atoms with van der Waals surface area (Å²) in [6.45, 7) is 0. The first kappa shape index (κ1) is 11.7. The normalized spacial score (nSPS) is 10.2. The Morgan fingerprint density at radius 3 is 1.78 bits per heavy atom. The number of alkyl halides is 4. The Bertz CT molecular complexity index is 99.7. The topological polar surface area (TPSA) is 48.6 Å². The Morgan fingerprint density at radius 1 is 1.44 bits per heavy atom. The lowest BCUT2D eigenvalue weighted by Crippen LogP contribution is -2.23. The maximum Gasteiger partial charge on any atom is 0.450 e. The average Bonchev–Trinajstić information content (AvgIpc) is 1.62. The average molecular weight is 209 g/mol. The van der Waals surface area contributed by atoms with Crippen molar-refractivity contribution < 1.29 is 23.4 Å². The van der Waals surface area contributed by atoms with E-state index in [1.54, 1.807) is 0 Å².